The summed E-state index contributed by atoms with van der Waals surface area (Å²) < 4.78 is 65.8. The van der Waals surface area contributed by atoms with E-state index in [1.165, 1.54) is 17.1 Å². The fourth-order valence-electron chi connectivity index (χ4n) is 2.60. The van der Waals surface area contributed by atoms with Crippen LogP contribution in [0.5, 0.6) is 0 Å². The summed E-state index contributed by atoms with van der Waals surface area (Å²) in [5.41, 5.74) is 1.37. The predicted molar refractivity (Wildman–Crippen MR) is 93.8 cm³/mol. The molecule has 3 rings (SSSR count). The number of methoxy groups -OCH3 is 1. The standard InChI is InChI=1S/C17H17O2Se.6FH.Sb/c1-19-16(18)12-15-17(13-8-4-2-5-9-13)20(15)14-10-6-3-7-11-14;;;;;;;/h2-11,15,17H,12H2,1H3;6*1H;/q+1;;;;;;;+5/p-6/t15-,17-,20?;;;;;;;/m1......./s1. The van der Waals surface area contributed by atoms with Crippen LogP contribution in [0.1, 0.15) is 16.8 Å². The molecule has 1 heterocycles. The fourth-order valence-corrected chi connectivity index (χ4v) is 8.74. The van der Waals surface area contributed by atoms with Crippen molar-refractivity contribution in [2.24, 2.45) is 0 Å². The number of benzene rings is 2. The van der Waals surface area contributed by atoms with Gasteiger partial charge in [0.15, 0.2) is 0 Å². The molecule has 1 saturated heterocycles. The second-order valence-corrected chi connectivity index (χ2v) is 16.1. The number of ether oxygens (including phenoxy) is 1. The Bertz CT molecular complexity index is 727. The van der Waals surface area contributed by atoms with Gasteiger partial charge in [0.25, 0.3) is 0 Å². The van der Waals surface area contributed by atoms with Gasteiger partial charge in [-0.15, -0.1) is 0 Å². The van der Waals surface area contributed by atoms with E-state index < -0.39 is 33.4 Å². The Hall–Kier alpha value is -1.17. The number of hydrogen-bond donors (Lipinski definition) is 0. The van der Waals surface area contributed by atoms with Crippen LogP contribution in [-0.4, -0.2) is 46.5 Å². The van der Waals surface area contributed by atoms with E-state index in [-0.39, 0.29) is 5.97 Å². The molecule has 0 N–H and O–H groups in total. The molecule has 150 valence electrons. The summed E-state index contributed by atoms with van der Waals surface area (Å²) in [6.07, 6.45) is 0.551. The molecule has 0 saturated carbocycles. The molecule has 1 aliphatic heterocycles. The zero-order valence-corrected chi connectivity index (χ0v) is 18.3. The monoisotopic (exact) mass is 568 g/mol. The molecule has 2 aromatic carbocycles. The van der Waals surface area contributed by atoms with Crippen molar-refractivity contribution in [3.8, 4) is 0 Å². The molecule has 2 aromatic rings. The molecule has 1 unspecified atom stereocenters. The first-order valence-electron chi connectivity index (χ1n) is 7.71. The summed E-state index contributed by atoms with van der Waals surface area (Å²) in [5, 5.41) is 0. The third-order valence-electron chi connectivity index (χ3n) is 3.60. The minimum absolute atomic E-state index is 0.0851. The van der Waals surface area contributed by atoms with Crippen molar-refractivity contribution in [2.45, 2.75) is 16.1 Å². The second-order valence-electron chi connectivity index (χ2n) is 5.79. The Morgan fingerprint density at radius 3 is 1.81 bits per heavy atom. The Balaban J connectivity index is 0.000000321. The third kappa shape index (κ3) is 8.58. The molecule has 27 heavy (non-hydrogen) atoms. The molecular weight excluding hydrogens is 551 g/mol. The molecule has 0 bridgehead atoms. The van der Waals surface area contributed by atoms with Crippen LogP contribution in [0, 0.1) is 0 Å². The average Bonchev–Trinajstić information content (AvgIpc) is 3.27. The number of hydrogen-bond acceptors (Lipinski definition) is 2. The van der Waals surface area contributed by atoms with Crippen LogP contribution in [0.15, 0.2) is 60.7 Å². The Kier molecular flexibility index (Phi) is 6.01. The normalized spacial score (nSPS) is 23.9. The first-order valence-corrected chi connectivity index (χ1v) is 16.3. The average molecular weight is 568 g/mol. The van der Waals surface area contributed by atoms with Crippen LogP contribution in [-0.2, 0) is 9.53 Å². The van der Waals surface area contributed by atoms with Gasteiger partial charge in [0.05, 0.1) is 0 Å². The van der Waals surface area contributed by atoms with Gasteiger partial charge >= 0.3 is 160 Å². The maximum atomic E-state index is 11.6. The number of carbonyl (C=O) groups excluding carboxylic acids is 1. The Morgan fingerprint density at radius 1 is 0.926 bits per heavy atom. The van der Waals surface area contributed by atoms with E-state index in [9.17, 15) is 21.7 Å². The van der Waals surface area contributed by atoms with Gasteiger partial charge in [-0.3, -0.25) is 0 Å². The van der Waals surface area contributed by atoms with Crippen molar-refractivity contribution in [3.63, 3.8) is 0 Å². The van der Waals surface area contributed by atoms with E-state index in [4.69, 9.17) is 4.74 Å². The van der Waals surface area contributed by atoms with Gasteiger partial charge in [0.2, 0.25) is 0 Å². The van der Waals surface area contributed by atoms with Gasteiger partial charge in [0.1, 0.15) is 0 Å². The van der Waals surface area contributed by atoms with Crippen LogP contribution in [0.3, 0.4) is 0 Å². The topological polar surface area (TPSA) is 26.3 Å². The quantitative estimate of drug-likeness (QED) is 0.301. The second kappa shape index (κ2) is 7.34. The van der Waals surface area contributed by atoms with Gasteiger partial charge in [0, 0.05) is 0 Å². The maximum absolute atomic E-state index is 11.6. The van der Waals surface area contributed by atoms with Gasteiger partial charge in [-0.2, -0.15) is 0 Å². The summed E-state index contributed by atoms with van der Waals surface area (Å²) in [6.45, 7) is 0. The SMILES string of the molecule is COC(=O)C[C@@H]1[C@@H](c2ccccc2)[Se+]1c1ccccc1.[F][Sb-]([F])([F])([F])([F])[F]. The van der Waals surface area contributed by atoms with E-state index >= 15 is 0 Å². The van der Waals surface area contributed by atoms with Crippen molar-refractivity contribution in [1.29, 1.82) is 0 Å². The van der Waals surface area contributed by atoms with Gasteiger partial charge < -0.3 is 0 Å². The summed E-state index contributed by atoms with van der Waals surface area (Å²) in [7, 11) is 1.47. The molecule has 0 radical (unpaired) electrons. The first kappa shape index (κ1) is 22.1. The van der Waals surface area contributed by atoms with Crippen LogP contribution in [0.2, 0.25) is 4.82 Å². The predicted octanol–water partition coefficient (Wildman–Crippen LogP) is 4.80. The molecule has 1 fully saturated rings. The van der Waals surface area contributed by atoms with Gasteiger partial charge in [-0.05, 0) is 0 Å². The number of carbonyl (C=O) groups is 1. The van der Waals surface area contributed by atoms with E-state index in [2.05, 4.69) is 48.5 Å². The number of halogens is 6. The van der Waals surface area contributed by atoms with Crippen LogP contribution in [0.4, 0.5) is 16.9 Å². The summed E-state index contributed by atoms with van der Waals surface area (Å²) >= 11 is -12.2. The molecular formula is C17H17F6O2SbSe. The molecule has 3 atom stereocenters. The third-order valence-corrected chi connectivity index (χ3v) is 9.35. The van der Waals surface area contributed by atoms with Crippen molar-refractivity contribution in [1.82, 2.24) is 0 Å². The van der Waals surface area contributed by atoms with Crippen molar-refractivity contribution < 1.29 is 26.4 Å². The van der Waals surface area contributed by atoms with Crippen LogP contribution < -0.4 is 4.46 Å². The van der Waals surface area contributed by atoms with Crippen molar-refractivity contribution in [2.75, 3.05) is 7.11 Å². The number of esters is 1. The molecule has 2 nitrogen and oxygen atoms in total. The molecule has 1 aliphatic rings. The molecule has 10 heteroatoms. The van der Waals surface area contributed by atoms with E-state index in [1.54, 1.807) is 0 Å². The summed E-state index contributed by atoms with van der Waals surface area (Å²) in [4.78, 5) is 12.6. The van der Waals surface area contributed by atoms with Crippen molar-refractivity contribution >= 4 is 43.8 Å². The minimum atomic E-state index is -11.2. The van der Waals surface area contributed by atoms with E-state index in [1.807, 2.05) is 12.1 Å². The molecule has 0 aliphatic carbocycles. The van der Waals surface area contributed by atoms with E-state index in [0.29, 0.717) is 16.1 Å². The van der Waals surface area contributed by atoms with Gasteiger partial charge in [-0.1, -0.05) is 0 Å². The first-order chi connectivity index (χ1) is 12.3. The Labute approximate surface area is 159 Å². The molecule has 0 amide bonds. The molecule has 0 spiro atoms. The summed E-state index contributed by atoms with van der Waals surface area (Å²) in [6, 6.07) is 21.2. The zero-order chi connectivity index (χ0) is 20.4. The van der Waals surface area contributed by atoms with E-state index in [0.717, 1.165) is 0 Å². The Morgan fingerprint density at radius 2 is 1.37 bits per heavy atom. The fraction of sp³-hybridized carbons (Fsp3) is 0.235. The summed E-state index contributed by atoms with van der Waals surface area (Å²) in [5.74, 6) is -0.0851. The zero-order valence-electron chi connectivity index (χ0n) is 14.1. The van der Waals surface area contributed by atoms with Crippen molar-refractivity contribution in [3.05, 3.63) is 66.2 Å². The number of rotatable bonds is 4. The van der Waals surface area contributed by atoms with Crippen LogP contribution in [0.25, 0.3) is 0 Å². The molecule has 0 aromatic heterocycles. The van der Waals surface area contributed by atoms with Crippen LogP contribution >= 0.6 is 0 Å². The van der Waals surface area contributed by atoms with Gasteiger partial charge in [-0.25, -0.2) is 0 Å².